The summed E-state index contributed by atoms with van der Waals surface area (Å²) in [6, 6.07) is 5.71. The predicted molar refractivity (Wildman–Crippen MR) is 82.0 cm³/mol. The normalized spacial score (nSPS) is 16.6. The number of ether oxygens (including phenoxy) is 1. The van der Waals surface area contributed by atoms with E-state index in [1.165, 1.54) is 0 Å². The average Bonchev–Trinajstić information content (AvgIpc) is 3.07. The molecule has 0 spiro atoms. The number of carbonyl (C=O) groups excluding carboxylic acids is 1. The van der Waals surface area contributed by atoms with Crippen molar-refractivity contribution in [1.29, 1.82) is 0 Å². The fourth-order valence-corrected chi connectivity index (χ4v) is 2.52. The van der Waals surface area contributed by atoms with Crippen LogP contribution in [0, 0.1) is 0 Å². The van der Waals surface area contributed by atoms with Gasteiger partial charge in [-0.25, -0.2) is 4.79 Å². The summed E-state index contributed by atoms with van der Waals surface area (Å²) in [4.78, 5) is 11.9. The van der Waals surface area contributed by atoms with Crippen LogP contribution in [-0.4, -0.2) is 23.4 Å². The molecule has 1 aromatic rings. The number of benzene rings is 1. The number of nitrogens with one attached hydrogen (secondary N) is 1. The Hall–Kier alpha value is -1.07. The topological polar surface area (TPSA) is 58.6 Å². The minimum absolute atomic E-state index is 0.0949. The fraction of sp³-hybridized carbons (Fsp3) is 0.533. The minimum Gasteiger partial charge on any atom is -0.444 e. The molecule has 0 heterocycles. The number of carbonyl (C=O) groups is 1. The summed E-state index contributed by atoms with van der Waals surface area (Å²) in [6.45, 7) is 5.57. The van der Waals surface area contributed by atoms with Crippen molar-refractivity contribution >= 4 is 27.7 Å². The van der Waals surface area contributed by atoms with Gasteiger partial charge in [-0.2, -0.15) is 0 Å². The SMILES string of the molecule is CC(C)(C)OC(=O)Nc1cc(Br)ccc1C1(CO)CC1. The van der Waals surface area contributed by atoms with Gasteiger partial charge in [0, 0.05) is 15.6 Å². The molecular weight excluding hydrogens is 322 g/mol. The fourth-order valence-electron chi connectivity index (χ4n) is 2.16. The highest BCUT2D eigenvalue weighted by Gasteiger charge is 2.45. The van der Waals surface area contributed by atoms with Crippen LogP contribution in [0.15, 0.2) is 22.7 Å². The number of anilines is 1. The summed E-state index contributed by atoms with van der Waals surface area (Å²) in [5, 5.41) is 12.4. The standard InChI is InChI=1S/C15H20BrNO3/c1-14(2,3)20-13(19)17-12-8-10(16)4-5-11(12)15(9-18)6-7-15/h4-5,8,18H,6-7,9H2,1-3H3,(H,17,19). The van der Waals surface area contributed by atoms with E-state index in [1.54, 1.807) is 0 Å². The first-order valence-corrected chi connectivity index (χ1v) is 7.46. The second-order valence-electron chi connectivity index (χ2n) is 6.26. The number of aliphatic hydroxyl groups excluding tert-OH is 1. The molecule has 1 saturated carbocycles. The van der Waals surface area contributed by atoms with Crippen molar-refractivity contribution in [2.75, 3.05) is 11.9 Å². The maximum Gasteiger partial charge on any atom is 0.412 e. The maximum absolute atomic E-state index is 11.9. The Kier molecular flexibility index (Phi) is 4.12. The lowest BCUT2D eigenvalue weighted by atomic mass is 9.95. The molecule has 0 saturated heterocycles. The third-order valence-electron chi connectivity index (χ3n) is 3.34. The maximum atomic E-state index is 11.9. The molecule has 1 aliphatic rings. The highest BCUT2D eigenvalue weighted by Crippen LogP contribution is 2.50. The smallest absolute Gasteiger partial charge is 0.412 e. The molecule has 0 unspecified atom stereocenters. The van der Waals surface area contributed by atoms with Crippen LogP contribution in [0.3, 0.4) is 0 Å². The molecule has 110 valence electrons. The van der Waals surface area contributed by atoms with Crippen LogP contribution in [0.2, 0.25) is 0 Å². The molecule has 1 aliphatic carbocycles. The Morgan fingerprint density at radius 3 is 2.60 bits per heavy atom. The first-order valence-electron chi connectivity index (χ1n) is 6.67. The summed E-state index contributed by atoms with van der Waals surface area (Å²) in [5.41, 5.74) is 0.921. The van der Waals surface area contributed by atoms with Gasteiger partial charge in [-0.3, -0.25) is 5.32 Å². The molecule has 0 bridgehead atoms. The molecule has 1 aromatic carbocycles. The second-order valence-corrected chi connectivity index (χ2v) is 7.17. The largest absolute Gasteiger partial charge is 0.444 e. The first-order chi connectivity index (χ1) is 9.26. The summed E-state index contributed by atoms with van der Waals surface area (Å²) >= 11 is 3.40. The molecule has 4 nitrogen and oxygen atoms in total. The monoisotopic (exact) mass is 341 g/mol. The molecular formula is C15H20BrNO3. The highest BCUT2D eigenvalue weighted by molar-refractivity contribution is 9.10. The molecule has 1 amide bonds. The molecule has 2 N–H and O–H groups in total. The van der Waals surface area contributed by atoms with E-state index in [2.05, 4.69) is 21.2 Å². The highest BCUT2D eigenvalue weighted by atomic mass is 79.9. The summed E-state index contributed by atoms with van der Waals surface area (Å²) in [5.74, 6) is 0. The summed E-state index contributed by atoms with van der Waals surface area (Å²) in [7, 11) is 0. The van der Waals surface area contributed by atoms with Crippen molar-refractivity contribution in [2.24, 2.45) is 0 Å². The minimum atomic E-state index is -0.537. The van der Waals surface area contributed by atoms with Gasteiger partial charge in [0.25, 0.3) is 0 Å². The van der Waals surface area contributed by atoms with Gasteiger partial charge < -0.3 is 9.84 Å². The van der Waals surface area contributed by atoms with Crippen LogP contribution in [0.1, 0.15) is 39.2 Å². The van der Waals surface area contributed by atoms with Crippen LogP contribution < -0.4 is 5.32 Å². The van der Waals surface area contributed by atoms with Crippen LogP contribution >= 0.6 is 15.9 Å². The van der Waals surface area contributed by atoms with Crippen LogP contribution in [0.5, 0.6) is 0 Å². The number of hydrogen-bond acceptors (Lipinski definition) is 3. The van der Waals surface area contributed by atoms with Gasteiger partial charge >= 0.3 is 6.09 Å². The Bertz CT molecular complexity index is 518. The number of hydrogen-bond donors (Lipinski definition) is 2. The Labute approximate surface area is 127 Å². The van der Waals surface area contributed by atoms with Crippen LogP contribution in [-0.2, 0) is 10.2 Å². The zero-order chi connectivity index (χ0) is 15.0. The van der Waals surface area contributed by atoms with Crippen LogP contribution in [0.4, 0.5) is 10.5 Å². The van der Waals surface area contributed by atoms with Crippen molar-refractivity contribution in [3.63, 3.8) is 0 Å². The Morgan fingerprint density at radius 1 is 1.45 bits per heavy atom. The van der Waals surface area contributed by atoms with E-state index < -0.39 is 11.7 Å². The van der Waals surface area contributed by atoms with E-state index in [4.69, 9.17) is 4.74 Å². The van der Waals surface area contributed by atoms with Gasteiger partial charge in [-0.1, -0.05) is 22.0 Å². The zero-order valence-electron chi connectivity index (χ0n) is 12.0. The first kappa shape index (κ1) is 15.3. The van der Waals surface area contributed by atoms with Crippen LogP contribution in [0.25, 0.3) is 0 Å². The average molecular weight is 342 g/mol. The number of rotatable bonds is 3. The second kappa shape index (κ2) is 5.37. The lowest BCUT2D eigenvalue weighted by Crippen LogP contribution is -2.28. The molecule has 5 heteroatoms. The van der Waals surface area contributed by atoms with E-state index in [9.17, 15) is 9.90 Å². The van der Waals surface area contributed by atoms with Gasteiger partial charge in [0.2, 0.25) is 0 Å². The number of amides is 1. The van der Waals surface area contributed by atoms with Gasteiger partial charge in [-0.15, -0.1) is 0 Å². The van der Waals surface area contributed by atoms with E-state index in [1.807, 2.05) is 39.0 Å². The van der Waals surface area contributed by atoms with Gasteiger partial charge in [-0.05, 0) is 51.3 Å². The molecule has 0 atom stereocenters. The van der Waals surface area contributed by atoms with E-state index >= 15 is 0 Å². The predicted octanol–water partition coefficient (Wildman–Crippen LogP) is 3.82. The third kappa shape index (κ3) is 3.52. The molecule has 20 heavy (non-hydrogen) atoms. The van der Waals surface area contributed by atoms with Gasteiger partial charge in [0.15, 0.2) is 0 Å². The molecule has 0 aliphatic heterocycles. The van der Waals surface area contributed by atoms with Gasteiger partial charge in [0.05, 0.1) is 6.61 Å². The molecule has 0 radical (unpaired) electrons. The molecule has 1 fully saturated rings. The van der Waals surface area contributed by atoms with Gasteiger partial charge in [0.1, 0.15) is 5.60 Å². The summed E-state index contributed by atoms with van der Waals surface area (Å²) in [6.07, 6.45) is 1.40. The van der Waals surface area contributed by atoms with E-state index in [-0.39, 0.29) is 12.0 Å². The van der Waals surface area contributed by atoms with Crippen molar-refractivity contribution in [3.05, 3.63) is 28.2 Å². The third-order valence-corrected chi connectivity index (χ3v) is 3.84. The lowest BCUT2D eigenvalue weighted by Gasteiger charge is -2.22. The molecule has 2 rings (SSSR count). The van der Waals surface area contributed by atoms with Crippen molar-refractivity contribution in [1.82, 2.24) is 0 Å². The Morgan fingerprint density at radius 2 is 2.10 bits per heavy atom. The summed E-state index contributed by atoms with van der Waals surface area (Å²) < 4.78 is 6.15. The van der Waals surface area contributed by atoms with Crippen molar-refractivity contribution < 1.29 is 14.6 Å². The number of halogens is 1. The van der Waals surface area contributed by atoms with Crippen molar-refractivity contribution in [2.45, 2.75) is 44.6 Å². The quantitative estimate of drug-likeness (QED) is 0.878. The number of aliphatic hydroxyl groups is 1. The van der Waals surface area contributed by atoms with E-state index in [0.29, 0.717) is 5.69 Å². The van der Waals surface area contributed by atoms with E-state index in [0.717, 1.165) is 22.9 Å². The lowest BCUT2D eigenvalue weighted by molar-refractivity contribution is 0.0635. The van der Waals surface area contributed by atoms with Crippen molar-refractivity contribution in [3.8, 4) is 0 Å². The molecule has 0 aromatic heterocycles. The zero-order valence-corrected chi connectivity index (χ0v) is 13.6. The Balaban J connectivity index is 2.23.